The predicted octanol–water partition coefficient (Wildman–Crippen LogP) is 8.69. The Labute approximate surface area is 753 Å². The van der Waals surface area contributed by atoms with Crippen molar-refractivity contribution >= 4 is 92.7 Å². The second-order valence-electron chi connectivity index (χ2n) is 30.7. The van der Waals surface area contributed by atoms with Crippen LogP contribution in [0, 0.1) is 0 Å². The molecule has 126 heavy (non-hydrogen) atoms. The van der Waals surface area contributed by atoms with E-state index in [4.69, 9.17) is 85.7 Å². The van der Waals surface area contributed by atoms with E-state index in [2.05, 4.69) is 280 Å². The van der Waals surface area contributed by atoms with Crippen molar-refractivity contribution in [2.24, 2.45) is 45.9 Å². The molecule has 0 spiro atoms. The van der Waals surface area contributed by atoms with Gasteiger partial charge in [0.2, 0.25) is 45.6 Å². The third kappa shape index (κ3) is 18.3. The standard InChI is InChI=1S/C52H56N12.C48H48N12.2Mn/c53-25-9-33-61-29-5-1-13-45(61)49-37-17-19-39(57-37)50(46-14-2-6-30-62(46)34-10-26-54)41-21-23-43(59-41)52(48-16-4-8-32-64(48)36-12-28-56)44-24-22-42(60-44)51(40-20-18-38(49)58-40)47-15-3-7-31-63(47)35-11-27-55;49-21-29-57-25-5-1-9-41(57)45-33-13-15-35(53-33)46(42-10-2-6-26-58(42)30-22-50)37-17-19-39(55-37)48(44-12-4-8-28-60(44)32-24-52)40-20-18-38(56-40)47(36-16-14-34(45)54-36)43-11-3-7-27-59(43)31-23-51;;/h1-8,13-24,29-32H,9-12,25-28,33-36,53-56H2;1-20,25-28H,21-24,29-32,49-52H2;;/q4*+2. The average Bonchev–Trinajstić information content (AvgIpc) is 1.61. The van der Waals surface area contributed by atoms with Crippen LogP contribution < -0.4 is 102 Å². The van der Waals surface area contributed by atoms with Gasteiger partial charge < -0.3 is 65.8 Å². The van der Waals surface area contributed by atoms with Gasteiger partial charge in [0.25, 0.3) is 0 Å². The molecule has 18 rings (SSSR count). The molecule has 630 valence electrons. The van der Waals surface area contributed by atoms with E-state index in [-0.39, 0.29) is 34.1 Å². The molecule has 16 bridgehead atoms. The molecule has 18 heterocycles. The van der Waals surface area contributed by atoms with E-state index >= 15 is 0 Å². The molecule has 16 N–H and O–H groups in total. The molecule has 26 heteroatoms. The van der Waals surface area contributed by atoms with Gasteiger partial charge in [-0.25, -0.2) is 19.9 Å². The van der Waals surface area contributed by atoms with Gasteiger partial charge in [-0.15, -0.1) is 44.1 Å². The first-order valence-corrected chi connectivity index (χ1v) is 42.8. The molecule has 14 aromatic rings. The number of aromatic nitrogens is 16. The number of rotatable bonds is 28. The van der Waals surface area contributed by atoms with Crippen molar-refractivity contribution in [3.05, 3.63) is 289 Å². The van der Waals surface area contributed by atoms with Crippen LogP contribution in [0.15, 0.2) is 244 Å². The normalized spacial score (nSPS) is 11.9. The quantitative estimate of drug-likeness (QED) is 0.0168. The Bertz CT molecular complexity index is 6030. The van der Waals surface area contributed by atoms with E-state index in [9.17, 15) is 0 Å². The summed E-state index contributed by atoms with van der Waals surface area (Å²) in [6.07, 6.45) is 36.7. The summed E-state index contributed by atoms with van der Waals surface area (Å²) in [7, 11) is 0. The Morgan fingerprint density at radius 3 is 0.460 bits per heavy atom. The first-order chi connectivity index (χ1) is 61.2. The zero-order valence-electron chi connectivity index (χ0n) is 70.4. The van der Waals surface area contributed by atoms with Crippen LogP contribution in [0.4, 0.5) is 0 Å². The fourth-order valence-corrected chi connectivity index (χ4v) is 17.1. The van der Waals surface area contributed by atoms with E-state index in [1.807, 2.05) is 48.5 Å². The van der Waals surface area contributed by atoms with Crippen LogP contribution >= 0.6 is 0 Å². The van der Waals surface area contributed by atoms with E-state index in [1.54, 1.807) is 0 Å². The Kier molecular flexibility index (Phi) is 28.8. The van der Waals surface area contributed by atoms with Gasteiger partial charge in [0.15, 0.2) is 75.8 Å². The van der Waals surface area contributed by atoms with E-state index in [0.29, 0.717) is 78.5 Å². The number of fused-ring (bicyclic) bond motifs is 16. The van der Waals surface area contributed by atoms with E-state index < -0.39 is 0 Å². The minimum Gasteiger partial charge on any atom is -0.656 e. The van der Waals surface area contributed by atoms with Crippen molar-refractivity contribution in [1.82, 2.24) is 39.9 Å². The average molecular weight is 1750 g/mol. The molecule has 0 aromatic carbocycles. The minimum atomic E-state index is 0. The zero-order chi connectivity index (χ0) is 84.8. The molecule has 0 unspecified atom stereocenters. The predicted molar refractivity (Wildman–Crippen MR) is 490 cm³/mol. The van der Waals surface area contributed by atoms with Gasteiger partial charge in [0.05, 0.1) is 116 Å². The van der Waals surface area contributed by atoms with Crippen molar-refractivity contribution in [3.63, 3.8) is 0 Å². The number of pyridine rings is 8. The SMILES string of the molecule is NCCC[n+]1ccccc1-c1c2nc(c(-c3cccc[n+]3CCCN)c3ccc([n-]3)c(-c3cccc[n+]3CCCN)c3nc(c(-c4cccc[n+]4CCCN)c4ccc1[n-]4)C=C3)C=C2.NCC[n+]1ccccc1-c1c2nc(c(-c3cccc[n+]3CCN)c3ccc([n-]3)c(-c3cccc[n+]3CCN)c3nc(c(-c4cccc[n+]4CCN)c4ccc1[n-]4)C=C3)C=C2.[Mn+2].[Mn+2]. The monoisotopic (exact) mass is 1750 g/mol. The Hall–Kier alpha value is -12.9. The number of hydrogen-bond donors (Lipinski definition) is 8. The maximum atomic E-state index is 6.18. The van der Waals surface area contributed by atoms with Crippen molar-refractivity contribution in [2.45, 2.75) is 78.0 Å². The van der Waals surface area contributed by atoms with Crippen LogP contribution in [-0.4, -0.2) is 72.3 Å². The second-order valence-corrected chi connectivity index (χ2v) is 30.7. The Balaban J connectivity index is 0.000000192. The summed E-state index contributed by atoms with van der Waals surface area (Å²) in [4.78, 5) is 44.0. The van der Waals surface area contributed by atoms with Crippen molar-refractivity contribution in [3.8, 4) is 90.1 Å². The minimum absolute atomic E-state index is 0. The summed E-state index contributed by atoms with van der Waals surface area (Å²) in [6, 6.07) is 66.6. The van der Waals surface area contributed by atoms with Crippen LogP contribution in [0.5, 0.6) is 0 Å². The number of hydrogen-bond acceptors (Lipinski definition) is 12. The topological polar surface area (TPSA) is 347 Å². The number of aryl methyl sites for hydroxylation is 4. The van der Waals surface area contributed by atoms with Gasteiger partial charge in [-0.3, -0.25) is 0 Å². The summed E-state index contributed by atoms with van der Waals surface area (Å²) in [5.41, 5.74) is 76.7. The molecule has 2 radical (unpaired) electrons. The summed E-state index contributed by atoms with van der Waals surface area (Å²) in [5.74, 6) is 0. The zero-order valence-corrected chi connectivity index (χ0v) is 72.7. The molecular formula is C100H104Mn2N24+8. The molecule has 14 aromatic heterocycles. The van der Waals surface area contributed by atoms with Crippen LogP contribution in [-0.2, 0) is 86.5 Å². The maximum Gasteiger partial charge on any atom is 2.00 e. The molecule has 4 aliphatic heterocycles. The van der Waals surface area contributed by atoms with Gasteiger partial charge in [-0.1, -0.05) is 48.5 Å². The Morgan fingerprint density at radius 2 is 0.325 bits per heavy atom. The van der Waals surface area contributed by atoms with E-state index in [1.165, 1.54) is 0 Å². The van der Waals surface area contributed by atoms with Crippen molar-refractivity contribution < 1.29 is 70.7 Å². The second kappa shape index (κ2) is 41.3. The molecule has 0 amide bonds. The molecular weight excluding hydrogens is 1650 g/mol. The summed E-state index contributed by atoms with van der Waals surface area (Å²) < 4.78 is 17.7. The summed E-state index contributed by atoms with van der Waals surface area (Å²) in [5, 5.41) is 0. The first kappa shape index (κ1) is 88.0. The number of nitrogens with zero attached hydrogens (tertiary/aromatic N) is 16. The smallest absolute Gasteiger partial charge is 0.656 e. The fourth-order valence-electron chi connectivity index (χ4n) is 17.1. The molecule has 0 saturated carbocycles. The van der Waals surface area contributed by atoms with Crippen LogP contribution in [0.2, 0.25) is 0 Å². The van der Waals surface area contributed by atoms with E-state index in [0.717, 1.165) is 232 Å². The molecule has 4 aliphatic rings. The van der Waals surface area contributed by atoms with Gasteiger partial charge in [-0.05, 0) is 123 Å². The molecule has 0 aliphatic carbocycles. The Morgan fingerprint density at radius 1 is 0.183 bits per heavy atom. The van der Waals surface area contributed by atoms with Crippen LogP contribution in [0.1, 0.15) is 71.2 Å². The van der Waals surface area contributed by atoms with Gasteiger partial charge in [-0.2, -0.15) is 36.5 Å². The summed E-state index contributed by atoms with van der Waals surface area (Å²) >= 11 is 0. The summed E-state index contributed by atoms with van der Waals surface area (Å²) in [6.45, 7) is 9.65. The molecule has 24 nitrogen and oxygen atoms in total. The fraction of sp³-hybridized carbons (Fsp3) is 0.200. The first-order valence-electron chi connectivity index (χ1n) is 42.8. The molecule has 0 atom stereocenters. The van der Waals surface area contributed by atoms with Crippen LogP contribution in [0.3, 0.4) is 0 Å². The molecule has 0 fully saturated rings. The third-order valence-corrected chi connectivity index (χ3v) is 22.7. The van der Waals surface area contributed by atoms with Crippen molar-refractivity contribution in [2.75, 3.05) is 52.4 Å². The third-order valence-electron chi connectivity index (χ3n) is 22.7. The molecule has 0 saturated heterocycles. The maximum absolute atomic E-state index is 6.18. The van der Waals surface area contributed by atoms with Crippen molar-refractivity contribution in [1.29, 1.82) is 0 Å². The number of nitrogens with two attached hydrogens (primary N) is 8. The van der Waals surface area contributed by atoms with Crippen LogP contribution in [0.25, 0.3) is 183 Å². The van der Waals surface area contributed by atoms with Gasteiger partial charge in [0, 0.05) is 123 Å². The largest absolute Gasteiger partial charge is 2.00 e. The van der Waals surface area contributed by atoms with Gasteiger partial charge in [0.1, 0.15) is 26.2 Å². The van der Waals surface area contributed by atoms with Gasteiger partial charge >= 0.3 is 34.1 Å².